The van der Waals surface area contributed by atoms with E-state index < -0.39 is 5.76 Å². The summed E-state index contributed by atoms with van der Waals surface area (Å²) in [5.41, 5.74) is 6.52. The van der Waals surface area contributed by atoms with E-state index in [1.165, 1.54) is 4.57 Å². The van der Waals surface area contributed by atoms with Crippen LogP contribution in [0.2, 0.25) is 0 Å². The first-order chi connectivity index (χ1) is 12.0. The van der Waals surface area contributed by atoms with Crippen LogP contribution in [-0.2, 0) is 16.1 Å². The van der Waals surface area contributed by atoms with Gasteiger partial charge in [-0.25, -0.2) is 4.98 Å². The molecular formula is C16H18F2N4O2S. The number of para-hydroxylation sites is 2. The van der Waals surface area contributed by atoms with Gasteiger partial charge in [-0.1, -0.05) is 12.1 Å². The van der Waals surface area contributed by atoms with E-state index in [1.54, 1.807) is 29.2 Å². The molecule has 0 aliphatic carbocycles. The number of thioether (sulfide) groups is 1. The van der Waals surface area contributed by atoms with Crippen LogP contribution in [0.15, 0.2) is 29.4 Å². The Morgan fingerprint density at radius 3 is 2.60 bits per heavy atom. The quantitative estimate of drug-likeness (QED) is 0.820. The van der Waals surface area contributed by atoms with Gasteiger partial charge in [-0.3, -0.25) is 9.59 Å². The molecule has 0 bridgehead atoms. The van der Waals surface area contributed by atoms with Crippen molar-refractivity contribution in [1.29, 1.82) is 0 Å². The van der Waals surface area contributed by atoms with Crippen LogP contribution in [-0.4, -0.2) is 45.1 Å². The molecule has 1 aliphatic rings. The average Bonchev–Trinajstić information content (AvgIpc) is 2.91. The van der Waals surface area contributed by atoms with Gasteiger partial charge in [-0.05, 0) is 36.7 Å². The fraction of sp³-hybridized carbons (Fsp3) is 0.438. The van der Waals surface area contributed by atoms with Crippen LogP contribution in [0.25, 0.3) is 11.0 Å². The summed E-state index contributed by atoms with van der Waals surface area (Å²) in [7, 11) is 0. The van der Waals surface area contributed by atoms with Crippen LogP contribution in [0, 0.1) is 5.92 Å². The lowest BCUT2D eigenvalue weighted by Gasteiger charge is -2.30. The molecule has 9 heteroatoms. The molecule has 1 fully saturated rings. The molecule has 2 N–H and O–H groups in total. The summed E-state index contributed by atoms with van der Waals surface area (Å²) in [6, 6.07) is 7.03. The molecule has 25 heavy (non-hydrogen) atoms. The number of halogens is 2. The zero-order valence-electron chi connectivity index (χ0n) is 13.4. The predicted octanol–water partition coefficient (Wildman–Crippen LogP) is 2.07. The maximum Gasteiger partial charge on any atom is 0.291 e. The maximum absolute atomic E-state index is 12.8. The Morgan fingerprint density at radius 2 is 1.96 bits per heavy atom. The summed E-state index contributed by atoms with van der Waals surface area (Å²) in [6.07, 6.45) is 1.06. The molecule has 6 nitrogen and oxygen atoms in total. The summed E-state index contributed by atoms with van der Waals surface area (Å²) >= 11 is 0.330. The van der Waals surface area contributed by atoms with Gasteiger partial charge in [0.15, 0.2) is 5.16 Å². The van der Waals surface area contributed by atoms with E-state index >= 15 is 0 Å². The van der Waals surface area contributed by atoms with Crippen molar-refractivity contribution < 1.29 is 18.4 Å². The molecule has 2 aromatic rings. The Balaban J connectivity index is 1.78. The van der Waals surface area contributed by atoms with Gasteiger partial charge in [-0.15, -0.1) is 0 Å². The Hall–Kier alpha value is -2.16. The molecule has 2 amide bonds. The number of amides is 2. The van der Waals surface area contributed by atoms with E-state index in [-0.39, 0.29) is 29.4 Å². The van der Waals surface area contributed by atoms with Gasteiger partial charge in [-0.2, -0.15) is 8.78 Å². The highest BCUT2D eigenvalue weighted by Crippen LogP contribution is 2.28. The molecule has 0 spiro atoms. The van der Waals surface area contributed by atoms with Crippen LogP contribution in [0.3, 0.4) is 0 Å². The first-order valence-electron chi connectivity index (χ1n) is 7.93. The smallest absolute Gasteiger partial charge is 0.291 e. The highest BCUT2D eigenvalue weighted by Gasteiger charge is 2.27. The van der Waals surface area contributed by atoms with Crippen LogP contribution in [0.5, 0.6) is 0 Å². The monoisotopic (exact) mass is 368 g/mol. The van der Waals surface area contributed by atoms with Crippen molar-refractivity contribution in [2.24, 2.45) is 11.7 Å². The van der Waals surface area contributed by atoms with E-state index in [1.807, 2.05) is 0 Å². The summed E-state index contributed by atoms with van der Waals surface area (Å²) in [6.45, 7) is 0.823. The number of likely N-dealkylation sites (tertiary alicyclic amines) is 1. The number of aromatic nitrogens is 2. The lowest BCUT2D eigenvalue weighted by Crippen LogP contribution is -2.43. The van der Waals surface area contributed by atoms with Crippen molar-refractivity contribution in [3.05, 3.63) is 24.3 Å². The fourth-order valence-corrected chi connectivity index (χ4v) is 3.63. The van der Waals surface area contributed by atoms with Crippen molar-refractivity contribution in [3.63, 3.8) is 0 Å². The topological polar surface area (TPSA) is 81.2 Å². The predicted molar refractivity (Wildman–Crippen MR) is 90.1 cm³/mol. The number of imidazole rings is 1. The van der Waals surface area contributed by atoms with Gasteiger partial charge in [0, 0.05) is 19.0 Å². The van der Waals surface area contributed by atoms with Crippen molar-refractivity contribution in [2.75, 3.05) is 13.1 Å². The zero-order chi connectivity index (χ0) is 18.0. The van der Waals surface area contributed by atoms with Crippen LogP contribution < -0.4 is 5.73 Å². The van der Waals surface area contributed by atoms with Crippen molar-refractivity contribution in [2.45, 2.75) is 30.3 Å². The standard InChI is InChI=1S/C16H18F2N4O2S/c17-15(18)25-16-20-11-3-1-2-4-12(11)22(16)9-13(23)21-7-5-10(6-8-21)14(19)24/h1-4,10,15H,5-9H2,(H2,19,24). The normalized spacial score (nSPS) is 15.9. The highest BCUT2D eigenvalue weighted by molar-refractivity contribution is 7.99. The molecule has 0 saturated carbocycles. The molecule has 0 unspecified atom stereocenters. The number of carbonyl (C=O) groups excluding carboxylic acids is 2. The lowest BCUT2D eigenvalue weighted by atomic mass is 9.96. The van der Waals surface area contributed by atoms with Gasteiger partial charge in [0.25, 0.3) is 5.76 Å². The van der Waals surface area contributed by atoms with Gasteiger partial charge < -0.3 is 15.2 Å². The molecular weight excluding hydrogens is 350 g/mol. The van der Waals surface area contributed by atoms with Gasteiger partial charge >= 0.3 is 0 Å². The van der Waals surface area contributed by atoms with E-state index in [4.69, 9.17) is 5.73 Å². The number of hydrogen-bond acceptors (Lipinski definition) is 4. The molecule has 1 aromatic heterocycles. The number of primary amides is 1. The van der Waals surface area contributed by atoms with E-state index in [2.05, 4.69) is 4.98 Å². The molecule has 134 valence electrons. The first-order valence-corrected chi connectivity index (χ1v) is 8.81. The van der Waals surface area contributed by atoms with Crippen LogP contribution >= 0.6 is 11.8 Å². The third-order valence-electron chi connectivity index (χ3n) is 4.36. The summed E-state index contributed by atoms with van der Waals surface area (Å²) < 4.78 is 27.1. The molecule has 2 heterocycles. The zero-order valence-corrected chi connectivity index (χ0v) is 14.2. The minimum atomic E-state index is -2.61. The lowest BCUT2D eigenvalue weighted by molar-refractivity contribution is -0.135. The largest absolute Gasteiger partial charge is 0.369 e. The minimum absolute atomic E-state index is 0.0587. The number of hydrogen-bond donors (Lipinski definition) is 1. The molecule has 1 saturated heterocycles. The third kappa shape index (κ3) is 3.92. The SMILES string of the molecule is NC(=O)C1CCN(C(=O)Cn2c(SC(F)F)nc3ccccc32)CC1. The molecule has 0 atom stereocenters. The van der Waals surface area contributed by atoms with E-state index in [9.17, 15) is 18.4 Å². The Morgan fingerprint density at radius 1 is 1.28 bits per heavy atom. The Labute approximate surface area is 147 Å². The average molecular weight is 368 g/mol. The number of fused-ring (bicyclic) bond motifs is 1. The van der Waals surface area contributed by atoms with Crippen LogP contribution in [0.1, 0.15) is 12.8 Å². The second kappa shape index (κ2) is 7.38. The number of carbonyl (C=O) groups is 2. The maximum atomic E-state index is 12.8. The highest BCUT2D eigenvalue weighted by atomic mass is 32.2. The summed E-state index contributed by atoms with van der Waals surface area (Å²) in [4.78, 5) is 29.6. The molecule has 1 aliphatic heterocycles. The second-order valence-corrected chi connectivity index (χ2v) is 6.86. The van der Waals surface area contributed by atoms with Gasteiger partial charge in [0.2, 0.25) is 11.8 Å². The van der Waals surface area contributed by atoms with E-state index in [0.717, 1.165) is 0 Å². The number of piperidine rings is 1. The third-order valence-corrected chi connectivity index (χ3v) is 5.06. The molecule has 1 aromatic carbocycles. The van der Waals surface area contributed by atoms with Crippen LogP contribution in [0.4, 0.5) is 8.78 Å². The number of nitrogens with two attached hydrogens (primary N) is 1. The number of benzene rings is 1. The Kier molecular flexibility index (Phi) is 5.22. The first kappa shape index (κ1) is 17.7. The van der Waals surface area contributed by atoms with Gasteiger partial charge in [0.05, 0.1) is 11.0 Å². The minimum Gasteiger partial charge on any atom is -0.369 e. The fourth-order valence-electron chi connectivity index (χ4n) is 3.02. The second-order valence-electron chi connectivity index (χ2n) is 5.91. The van der Waals surface area contributed by atoms with Crippen molar-refractivity contribution in [3.8, 4) is 0 Å². The van der Waals surface area contributed by atoms with Crippen molar-refractivity contribution >= 4 is 34.6 Å². The summed E-state index contributed by atoms with van der Waals surface area (Å²) in [5.74, 6) is -3.34. The van der Waals surface area contributed by atoms with E-state index in [0.29, 0.717) is 48.7 Å². The summed E-state index contributed by atoms with van der Waals surface area (Å²) in [5, 5.41) is 0.122. The number of nitrogens with zero attached hydrogens (tertiary/aromatic N) is 3. The molecule has 0 radical (unpaired) electrons. The van der Waals surface area contributed by atoms with Gasteiger partial charge in [0.1, 0.15) is 6.54 Å². The number of alkyl halides is 2. The molecule has 3 rings (SSSR count). The van der Waals surface area contributed by atoms with Crippen molar-refractivity contribution in [1.82, 2.24) is 14.5 Å². The Bertz CT molecular complexity index is 788. The number of rotatable bonds is 5.